The van der Waals surface area contributed by atoms with Crippen LogP contribution in [0.15, 0.2) is 47.3 Å². The Bertz CT molecular complexity index is 932. The van der Waals surface area contributed by atoms with Crippen molar-refractivity contribution in [3.8, 4) is 17.1 Å². The van der Waals surface area contributed by atoms with Crippen molar-refractivity contribution in [1.29, 1.82) is 0 Å². The van der Waals surface area contributed by atoms with Gasteiger partial charge in [-0.05, 0) is 24.3 Å². The molecule has 7 heteroatoms. The summed E-state index contributed by atoms with van der Waals surface area (Å²) < 4.78 is 44.2. The number of methoxy groups -OCH3 is 1. The number of benzene rings is 2. The van der Waals surface area contributed by atoms with E-state index >= 15 is 0 Å². The van der Waals surface area contributed by atoms with Crippen molar-refractivity contribution in [1.82, 2.24) is 9.97 Å². The predicted octanol–water partition coefficient (Wildman–Crippen LogP) is 3.62. The zero-order valence-corrected chi connectivity index (χ0v) is 11.9. The van der Waals surface area contributed by atoms with Crippen LogP contribution in [0.4, 0.5) is 13.2 Å². The molecule has 3 aromatic rings. The quantitative estimate of drug-likeness (QED) is 0.784. The molecule has 1 N–H and O–H groups in total. The molecule has 1 heterocycles. The Morgan fingerprint density at radius 3 is 2.52 bits per heavy atom. The van der Waals surface area contributed by atoms with Gasteiger partial charge >= 0.3 is 6.18 Å². The molecule has 0 aliphatic heterocycles. The topological polar surface area (TPSA) is 55.0 Å². The van der Waals surface area contributed by atoms with Crippen molar-refractivity contribution in [2.75, 3.05) is 7.11 Å². The third-order valence-corrected chi connectivity index (χ3v) is 3.39. The third-order valence-electron chi connectivity index (χ3n) is 3.39. The minimum atomic E-state index is -4.57. The molecule has 0 amide bonds. The van der Waals surface area contributed by atoms with Gasteiger partial charge in [0.05, 0.1) is 29.1 Å². The first-order chi connectivity index (χ1) is 10.9. The van der Waals surface area contributed by atoms with Crippen LogP contribution in [0.25, 0.3) is 22.3 Å². The number of alkyl halides is 3. The lowest BCUT2D eigenvalue weighted by molar-refractivity contribution is -0.138. The van der Waals surface area contributed by atoms with Gasteiger partial charge in [-0.2, -0.15) is 13.2 Å². The highest BCUT2D eigenvalue weighted by molar-refractivity contribution is 5.80. The van der Waals surface area contributed by atoms with Crippen LogP contribution in [0.1, 0.15) is 5.56 Å². The van der Waals surface area contributed by atoms with E-state index in [-0.39, 0.29) is 17.1 Å². The van der Waals surface area contributed by atoms with Gasteiger partial charge < -0.3 is 9.72 Å². The van der Waals surface area contributed by atoms with Gasteiger partial charge in [0.25, 0.3) is 5.56 Å². The Kier molecular flexibility index (Phi) is 3.55. The summed E-state index contributed by atoms with van der Waals surface area (Å²) in [6.45, 7) is 0. The van der Waals surface area contributed by atoms with E-state index in [1.165, 1.54) is 12.1 Å². The van der Waals surface area contributed by atoms with E-state index in [0.717, 1.165) is 13.2 Å². The summed E-state index contributed by atoms with van der Waals surface area (Å²) in [5.41, 5.74) is -0.880. The second-order valence-electron chi connectivity index (χ2n) is 4.82. The summed E-state index contributed by atoms with van der Waals surface area (Å²) in [4.78, 5) is 18.8. The molecule has 3 rings (SSSR count). The first-order valence-corrected chi connectivity index (χ1v) is 6.65. The van der Waals surface area contributed by atoms with Gasteiger partial charge in [-0.25, -0.2) is 4.98 Å². The molecule has 0 unspecified atom stereocenters. The Hall–Kier alpha value is -2.83. The van der Waals surface area contributed by atoms with E-state index in [2.05, 4.69) is 9.97 Å². The maximum atomic E-state index is 13.1. The van der Waals surface area contributed by atoms with Gasteiger partial charge in [0.1, 0.15) is 11.6 Å². The highest BCUT2D eigenvalue weighted by atomic mass is 19.4. The highest BCUT2D eigenvalue weighted by Gasteiger charge is 2.35. The van der Waals surface area contributed by atoms with Crippen molar-refractivity contribution in [2.24, 2.45) is 0 Å². The van der Waals surface area contributed by atoms with Gasteiger partial charge in [0, 0.05) is 0 Å². The van der Waals surface area contributed by atoms with E-state index in [9.17, 15) is 18.0 Å². The number of fused-ring (bicyclic) bond motifs is 1. The first-order valence-electron chi connectivity index (χ1n) is 6.65. The Morgan fingerprint density at radius 1 is 1.09 bits per heavy atom. The molecule has 118 valence electrons. The lowest BCUT2D eigenvalue weighted by Gasteiger charge is -2.15. The molecule has 1 aromatic heterocycles. The zero-order chi connectivity index (χ0) is 16.6. The van der Waals surface area contributed by atoms with Crippen LogP contribution in [0.2, 0.25) is 0 Å². The van der Waals surface area contributed by atoms with E-state index in [0.29, 0.717) is 10.9 Å². The fraction of sp³-hybridized carbons (Fsp3) is 0.125. The number of halogens is 3. The van der Waals surface area contributed by atoms with Crippen LogP contribution < -0.4 is 10.3 Å². The molecular weight excluding hydrogens is 309 g/mol. The molecule has 0 aliphatic carbocycles. The summed E-state index contributed by atoms with van der Waals surface area (Å²) in [7, 11) is 1.15. The van der Waals surface area contributed by atoms with Crippen LogP contribution in [0, 0.1) is 0 Å². The molecule has 0 aliphatic rings. The van der Waals surface area contributed by atoms with Crippen molar-refractivity contribution in [3.05, 3.63) is 58.4 Å². The molecule has 0 atom stereocenters. The normalized spacial score (nSPS) is 11.7. The molecule has 0 saturated carbocycles. The fourth-order valence-electron chi connectivity index (χ4n) is 2.38. The van der Waals surface area contributed by atoms with Crippen LogP contribution in [0.5, 0.6) is 5.75 Å². The van der Waals surface area contributed by atoms with E-state index < -0.39 is 17.3 Å². The van der Waals surface area contributed by atoms with Gasteiger partial charge in [-0.1, -0.05) is 18.2 Å². The Labute approximate surface area is 128 Å². The number of nitrogens with zero attached hydrogens (tertiary/aromatic N) is 1. The SMILES string of the molecule is COc1c(-c2nc3ccccc3c(=O)[nH]2)cccc1C(F)(F)F. The van der Waals surface area contributed by atoms with Crippen LogP contribution >= 0.6 is 0 Å². The number of rotatable bonds is 2. The second-order valence-corrected chi connectivity index (χ2v) is 4.82. The van der Waals surface area contributed by atoms with Gasteiger partial charge in [0.15, 0.2) is 0 Å². The largest absolute Gasteiger partial charge is 0.495 e. The van der Waals surface area contributed by atoms with E-state index in [4.69, 9.17) is 4.74 Å². The van der Waals surface area contributed by atoms with Gasteiger partial charge in [0.2, 0.25) is 0 Å². The lowest BCUT2D eigenvalue weighted by Crippen LogP contribution is -2.12. The second kappa shape index (κ2) is 5.42. The standard InChI is InChI=1S/C16H11F3N2O2/c1-23-13-10(6-4-7-11(13)16(17,18)19)14-20-12-8-3-2-5-9(12)15(22)21-14/h2-8H,1H3,(H,20,21,22). The Morgan fingerprint density at radius 2 is 1.83 bits per heavy atom. The molecule has 0 fully saturated rings. The number of aromatic nitrogens is 2. The Balaban J connectivity index is 2.29. The number of aromatic amines is 1. The van der Waals surface area contributed by atoms with Crippen molar-refractivity contribution in [3.63, 3.8) is 0 Å². The van der Waals surface area contributed by atoms with Crippen LogP contribution in [-0.2, 0) is 6.18 Å². The average molecular weight is 320 g/mol. The average Bonchev–Trinajstić information content (AvgIpc) is 2.53. The third kappa shape index (κ3) is 2.65. The minimum Gasteiger partial charge on any atom is -0.495 e. The number of para-hydroxylation sites is 2. The number of H-pyrrole nitrogens is 1. The number of nitrogens with one attached hydrogen (secondary N) is 1. The highest BCUT2D eigenvalue weighted by Crippen LogP contribution is 2.40. The number of hydrogen-bond acceptors (Lipinski definition) is 3. The summed E-state index contributed by atoms with van der Waals surface area (Å²) >= 11 is 0. The zero-order valence-electron chi connectivity index (χ0n) is 11.9. The molecule has 4 nitrogen and oxygen atoms in total. The molecule has 0 spiro atoms. The van der Waals surface area contributed by atoms with Crippen LogP contribution in [0.3, 0.4) is 0 Å². The monoisotopic (exact) mass is 320 g/mol. The molecular formula is C16H11F3N2O2. The molecule has 2 aromatic carbocycles. The lowest BCUT2D eigenvalue weighted by atomic mass is 10.1. The molecule has 0 radical (unpaired) electrons. The van der Waals surface area contributed by atoms with Crippen molar-refractivity contribution in [2.45, 2.75) is 6.18 Å². The first kappa shape index (κ1) is 15.1. The maximum Gasteiger partial charge on any atom is 0.419 e. The smallest absolute Gasteiger partial charge is 0.419 e. The fourth-order valence-corrected chi connectivity index (χ4v) is 2.38. The summed E-state index contributed by atoms with van der Waals surface area (Å²) in [5, 5.41) is 0.363. The molecule has 0 saturated heterocycles. The minimum absolute atomic E-state index is 0.0247. The summed E-state index contributed by atoms with van der Waals surface area (Å²) in [6, 6.07) is 10.2. The summed E-state index contributed by atoms with van der Waals surface area (Å²) in [6.07, 6.45) is -4.57. The predicted molar refractivity (Wildman–Crippen MR) is 79.4 cm³/mol. The van der Waals surface area contributed by atoms with E-state index in [1.807, 2.05) is 0 Å². The van der Waals surface area contributed by atoms with E-state index in [1.54, 1.807) is 24.3 Å². The molecule has 23 heavy (non-hydrogen) atoms. The van der Waals surface area contributed by atoms with Gasteiger partial charge in [-0.15, -0.1) is 0 Å². The van der Waals surface area contributed by atoms with Crippen molar-refractivity contribution >= 4 is 10.9 Å². The van der Waals surface area contributed by atoms with Crippen LogP contribution in [-0.4, -0.2) is 17.1 Å². The molecule has 0 bridgehead atoms. The number of hydrogen-bond donors (Lipinski definition) is 1. The maximum absolute atomic E-state index is 13.1. The summed E-state index contributed by atoms with van der Waals surface area (Å²) in [5.74, 6) is -0.352. The van der Waals surface area contributed by atoms with Gasteiger partial charge in [-0.3, -0.25) is 4.79 Å². The van der Waals surface area contributed by atoms with Crippen molar-refractivity contribution < 1.29 is 17.9 Å². The number of ether oxygens (including phenoxy) is 1.